The fraction of sp³-hybridized carbons (Fsp3) is 0.353. The monoisotopic (exact) mass is 389 g/mol. The van der Waals surface area contributed by atoms with Crippen LogP contribution in [0.3, 0.4) is 0 Å². The molecule has 1 fully saturated rings. The Morgan fingerprint density at radius 3 is 2.54 bits per heavy atom. The van der Waals surface area contributed by atoms with Gasteiger partial charge >= 0.3 is 0 Å². The van der Waals surface area contributed by atoms with E-state index in [1.165, 1.54) is 5.56 Å². The molecule has 1 aromatic heterocycles. The summed E-state index contributed by atoms with van der Waals surface area (Å²) in [6, 6.07) is 8.05. The lowest BCUT2D eigenvalue weighted by Gasteiger charge is -2.32. The van der Waals surface area contributed by atoms with Crippen molar-refractivity contribution in [2.75, 3.05) is 36.4 Å². The zero-order chi connectivity index (χ0) is 17.1. The van der Waals surface area contributed by atoms with Gasteiger partial charge in [0.15, 0.2) is 0 Å². The Bertz CT molecular complexity index is 744. The second-order valence-electron chi connectivity index (χ2n) is 5.91. The first-order valence-corrected chi connectivity index (χ1v) is 8.67. The number of amides is 1. The third kappa shape index (κ3) is 3.84. The van der Waals surface area contributed by atoms with Crippen molar-refractivity contribution in [1.82, 2.24) is 14.9 Å². The Labute approximate surface area is 150 Å². The largest absolute Gasteiger partial charge is 0.342 e. The van der Waals surface area contributed by atoms with Crippen LogP contribution in [0, 0.1) is 13.8 Å². The first-order valence-electron chi connectivity index (χ1n) is 7.88. The van der Waals surface area contributed by atoms with E-state index >= 15 is 0 Å². The van der Waals surface area contributed by atoms with Gasteiger partial charge in [0.2, 0.25) is 12.4 Å². The minimum absolute atomic E-state index is 0.703. The third-order valence-corrected chi connectivity index (χ3v) is 4.89. The highest BCUT2D eigenvalue weighted by molar-refractivity contribution is 9.10. The van der Waals surface area contributed by atoms with E-state index in [0.29, 0.717) is 19.0 Å². The Kier molecular flexibility index (Phi) is 4.99. The van der Waals surface area contributed by atoms with Gasteiger partial charge in [-0.2, -0.15) is 4.98 Å². The second kappa shape index (κ2) is 7.17. The summed E-state index contributed by atoms with van der Waals surface area (Å²) in [6.07, 6.45) is 0.899. The number of aromatic nitrogens is 2. The van der Waals surface area contributed by atoms with E-state index in [1.54, 1.807) is 4.90 Å². The fourth-order valence-corrected chi connectivity index (χ4v) is 2.98. The molecule has 0 radical (unpaired) electrons. The van der Waals surface area contributed by atoms with Crippen LogP contribution in [-0.2, 0) is 4.79 Å². The van der Waals surface area contributed by atoms with Crippen LogP contribution in [0.4, 0.5) is 17.5 Å². The third-order valence-electron chi connectivity index (χ3n) is 4.03. The number of hydrogen-bond acceptors (Lipinski definition) is 5. The highest BCUT2D eigenvalue weighted by atomic mass is 79.9. The maximum Gasteiger partial charge on any atom is 0.227 e. The Hall–Kier alpha value is -2.15. The number of rotatable bonds is 4. The van der Waals surface area contributed by atoms with Gasteiger partial charge < -0.3 is 15.1 Å². The molecule has 0 unspecified atom stereocenters. The number of carbonyl (C=O) groups is 1. The SMILES string of the molecule is Cc1cc(Nc2ccc(C)c(Br)c2)nc(N2CCN(C=O)CC2)n1. The molecule has 0 atom stereocenters. The summed E-state index contributed by atoms with van der Waals surface area (Å²) in [6.45, 7) is 6.92. The van der Waals surface area contributed by atoms with Crippen molar-refractivity contribution in [2.45, 2.75) is 13.8 Å². The highest BCUT2D eigenvalue weighted by Gasteiger charge is 2.18. The van der Waals surface area contributed by atoms with Gasteiger partial charge in [0.1, 0.15) is 5.82 Å². The van der Waals surface area contributed by atoms with Gasteiger partial charge in [-0.05, 0) is 31.5 Å². The molecule has 1 aromatic carbocycles. The normalized spacial score (nSPS) is 14.6. The molecule has 126 valence electrons. The van der Waals surface area contributed by atoms with Crippen LogP contribution in [0.5, 0.6) is 0 Å². The van der Waals surface area contributed by atoms with E-state index in [4.69, 9.17) is 0 Å². The maximum absolute atomic E-state index is 10.8. The molecule has 6 nitrogen and oxygen atoms in total. The molecule has 1 aliphatic rings. The van der Waals surface area contributed by atoms with Crippen LogP contribution in [0.15, 0.2) is 28.7 Å². The molecule has 0 bridgehead atoms. The van der Waals surface area contributed by atoms with Crippen LogP contribution < -0.4 is 10.2 Å². The minimum atomic E-state index is 0.703. The van der Waals surface area contributed by atoms with Gasteiger partial charge in [0.05, 0.1) is 0 Å². The minimum Gasteiger partial charge on any atom is -0.342 e. The summed E-state index contributed by atoms with van der Waals surface area (Å²) in [4.78, 5) is 23.9. The van der Waals surface area contributed by atoms with Crippen LogP contribution in [-0.4, -0.2) is 47.5 Å². The summed E-state index contributed by atoms with van der Waals surface area (Å²) in [5.74, 6) is 1.47. The van der Waals surface area contributed by atoms with E-state index in [2.05, 4.69) is 49.1 Å². The summed E-state index contributed by atoms with van der Waals surface area (Å²) in [7, 11) is 0. The molecule has 1 N–H and O–H groups in total. The molecular formula is C17H20BrN5O. The smallest absolute Gasteiger partial charge is 0.227 e. The molecule has 0 saturated carbocycles. The molecule has 2 aromatic rings. The van der Waals surface area contributed by atoms with Crippen LogP contribution >= 0.6 is 15.9 Å². The lowest BCUT2D eigenvalue weighted by Crippen LogP contribution is -2.46. The molecule has 0 spiro atoms. The highest BCUT2D eigenvalue weighted by Crippen LogP contribution is 2.24. The number of carbonyl (C=O) groups excluding carboxylic acids is 1. The molecule has 1 amide bonds. The lowest BCUT2D eigenvalue weighted by atomic mass is 10.2. The van der Waals surface area contributed by atoms with Gasteiger partial charge in [-0.25, -0.2) is 4.98 Å². The van der Waals surface area contributed by atoms with E-state index < -0.39 is 0 Å². The molecule has 3 rings (SSSR count). The first kappa shape index (κ1) is 16.7. The number of nitrogens with one attached hydrogen (secondary N) is 1. The van der Waals surface area contributed by atoms with Crippen LogP contribution in [0.25, 0.3) is 0 Å². The summed E-state index contributed by atoms with van der Waals surface area (Å²) < 4.78 is 1.06. The number of piperazine rings is 1. The van der Waals surface area contributed by atoms with E-state index in [-0.39, 0.29) is 0 Å². The van der Waals surface area contributed by atoms with Crippen molar-refractivity contribution in [3.05, 3.63) is 40.0 Å². The fourth-order valence-electron chi connectivity index (χ4n) is 2.60. The predicted molar refractivity (Wildman–Crippen MR) is 98.8 cm³/mol. The van der Waals surface area contributed by atoms with Crippen molar-refractivity contribution < 1.29 is 4.79 Å². The van der Waals surface area contributed by atoms with E-state index in [0.717, 1.165) is 41.2 Å². The van der Waals surface area contributed by atoms with Gasteiger partial charge in [-0.15, -0.1) is 0 Å². The number of hydrogen-bond donors (Lipinski definition) is 1. The average Bonchev–Trinajstić information content (AvgIpc) is 2.58. The standard InChI is InChI=1S/C17H20BrN5O/c1-12-3-4-14(10-15(12)18)20-16-9-13(2)19-17(21-16)23-7-5-22(11-24)6-8-23/h3-4,9-11H,5-8H2,1-2H3,(H,19,20,21). The molecule has 2 heterocycles. The number of halogens is 1. The zero-order valence-electron chi connectivity index (χ0n) is 13.8. The summed E-state index contributed by atoms with van der Waals surface area (Å²) >= 11 is 3.55. The van der Waals surface area contributed by atoms with Crippen molar-refractivity contribution in [3.63, 3.8) is 0 Å². The van der Waals surface area contributed by atoms with Crippen LogP contribution in [0.2, 0.25) is 0 Å². The van der Waals surface area contributed by atoms with E-state index in [1.807, 2.05) is 25.1 Å². The molecule has 1 saturated heterocycles. The average molecular weight is 390 g/mol. The molecule has 7 heteroatoms. The van der Waals surface area contributed by atoms with Gasteiger partial charge in [0, 0.05) is 48.1 Å². The number of anilines is 3. The summed E-state index contributed by atoms with van der Waals surface area (Å²) in [5.41, 5.74) is 3.07. The molecule has 24 heavy (non-hydrogen) atoms. The van der Waals surface area contributed by atoms with Crippen molar-refractivity contribution in [3.8, 4) is 0 Å². The predicted octanol–water partition coefficient (Wildman–Crippen LogP) is 2.88. The van der Waals surface area contributed by atoms with Crippen molar-refractivity contribution >= 4 is 39.8 Å². The van der Waals surface area contributed by atoms with Gasteiger partial charge in [-0.3, -0.25) is 4.79 Å². The Morgan fingerprint density at radius 2 is 1.88 bits per heavy atom. The molecular weight excluding hydrogens is 370 g/mol. The quantitative estimate of drug-likeness (QED) is 0.814. The number of benzene rings is 1. The second-order valence-corrected chi connectivity index (χ2v) is 6.77. The first-order chi connectivity index (χ1) is 11.5. The zero-order valence-corrected chi connectivity index (χ0v) is 15.4. The van der Waals surface area contributed by atoms with Gasteiger partial charge in [-0.1, -0.05) is 22.0 Å². The lowest BCUT2D eigenvalue weighted by molar-refractivity contribution is -0.118. The van der Waals surface area contributed by atoms with Crippen molar-refractivity contribution in [2.24, 2.45) is 0 Å². The number of aryl methyl sites for hydroxylation is 2. The molecule has 0 aliphatic carbocycles. The van der Waals surface area contributed by atoms with Gasteiger partial charge in [0.25, 0.3) is 0 Å². The Balaban J connectivity index is 1.78. The van der Waals surface area contributed by atoms with Crippen molar-refractivity contribution in [1.29, 1.82) is 0 Å². The number of nitrogens with zero attached hydrogens (tertiary/aromatic N) is 4. The Morgan fingerprint density at radius 1 is 1.12 bits per heavy atom. The maximum atomic E-state index is 10.8. The molecule has 1 aliphatic heterocycles. The topological polar surface area (TPSA) is 61.4 Å². The summed E-state index contributed by atoms with van der Waals surface area (Å²) in [5, 5.41) is 3.34. The van der Waals surface area contributed by atoms with E-state index in [9.17, 15) is 4.79 Å². The van der Waals surface area contributed by atoms with Crippen LogP contribution in [0.1, 0.15) is 11.3 Å².